The molecule has 1 amide bonds. The summed E-state index contributed by atoms with van der Waals surface area (Å²) in [5, 5.41) is 8.68. The monoisotopic (exact) mass is 496 g/mol. The van der Waals surface area contributed by atoms with Gasteiger partial charge in [-0.25, -0.2) is 18.9 Å². The molecule has 3 aromatic heterocycles. The molecular weight excluding hydrogens is 471 g/mol. The van der Waals surface area contributed by atoms with Gasteiger partial charge in [0.25, 0.3) is 11.7 Å². The Kier molecular flexibility index (Phi) is 5.84. The number of ether oxygens (including phenoxy) is 1. The highest BCUT2D eigenvalue weighted by atomic mass is 19.1. The minimum Gasteiger partial charge on any atom is -0.382 e. The number of nitrogens with one attached hydrogen (secondary N) is 1. The fourth-order valence-electron chi connectivity index (χ4n) is 4.57. The van der Waals surface area contributed by atoms with E-state index in [9.17, 15) is 9.18 Å². The second-order valence-electron chi connectivity index (χ2n) is 9.50. The predicted octanol–water partition coefficient (Wildman–Crippen LogP) is 4.17. The van der Waals surface area contributed by atoms with Crippen LogP contribution in [0.15, 0.2) is 67.1 Å². The third-order valence-electron chi connectivity index (χ3n) is 6.80. The molecule has 0 spiro atoms. The van der Waals surface area contributed by atoms with Gasteiger partial charge in [-0.3, -0.25) is 9.78 Å². The summed E-state index contributed by atoms with van der Waals surface area (Å²) in [6.45, 7) is 0.416. The third-order valence-corrected chi connectivity index (χ3v) is 6.80. The van der Waals surface area contributed by atoms with Gasteiger partial charge in [0.1, 0.15) is 11.5 Å². The van der Waals surface area contributed by atoms with E-state index in [2.05, 4.69) is 43.6 Å². The maximum absolute atomic E-state index is 15.0. The van der Waals surface area contributed by atoms with E-state index < -0.39 is 11.7 Å². The number of aryl methyl sites for hydroxylation is 2. The summed E-state index contributed by atoms with van der Waals surface area (Å²) in [4.78, 5) is 25.8. The number of imidazole rings is 1. The molecule has 0 aliphatic heterocycles. The molecule has 2 aromatic carbocycles. The van der Waals surface area contributed by atoms with Gasteiger partial charge in [0.05, 0.1) is 41.3 Å². The van der Waals surface area contributed by atoms with Crippen LogP contribution >= 0.6 is 0 Å². The van der Waals surface area contributed by atoms with Crippen molar-refractivity contribution in [3.8, 4) is 11.3 Å². The number of aromatic nitrogens is 5. The zero-order valence-corrected chi connectivity index (χ0v) is 20.3. The van der Waals surface area contributed by atoms with Gasteiger partial charge in [-0.2, -0.15) is 5.10 Å². The van der Waals surface area contributed by atoms with E-state index in [1.165, 1.54) is 17.7 Å². The molecule has 1 aliphatic rings. The van der Waals surface area contributed by atoms with Gasteiger partial charge < -0.3 is 10.1 Å². The summed E-state index contributed by atoms with van der Waals surface area (Å²) >= 11 is 0. The van der Waals surface area contributed by atoms with Crippen molar-refractivity contribution in [2.45, 2.75) is 31.2 Å². The van der Waals surface area contributed by atoms with Crippen molar-refractivity contribution in [2.75, 3.05) is 13.7 Å². The molecule has 1 fully saturated rings. The molecule has 1 N–H and O–H groups in total. The van der Waals surface area contributed by atoms with E-state index >= 15 is 0 Å². The Labute approximate surface area is 212 Å². The van der Waals surface area contributed by atoms with E-state index in [0.29, 0.717) is 30.1 Å². The number of amides is 1. The van der Waals surface area contributed by atoms with Gasteiger partial charge in [-0.15, -0.1) is 0 Å². The minimum atomic E-state index is -0.609. The van der Waals surface area contributed by atoms with Crippen LogP contribution in [0.4, 0.5) is 4.39 Å². The van der Waals surface area contributed by atoms with Crippen molar-refractivity contribution < 1.29 is 13.9 Å². The second kappa shape index (κ2) is 9.33. The van der Waals surface area contributed by atoms with Gasteiger partial charge in [0.2, 0.25) is 0 Å². The smallest absolute Gasteiger partial charge is 0.254 e. The number of fused-ring (bicyclic) bond motifs is 2. The van der Waals surface area contributed by atoms with Gasteiger partial charge in [-0.05, 0) is 61.6 Å². The standard InChI is InChI=1S/C28H25FN6O2/c1-37-17-28(10-11-28)33-26(36)22-8-6-20(14-23(22)29)25-16-32-27-31-15-21(35(27)34-25)7-4-18-5-9-24-19(13-18)3-2-12-30-24/h2-3,5-6,8-9,12-16H,4,7,10-11,17H2,1H3,(H,33,36). The van der Waals surface area contributed by atoms with Crippen molar-refractivity contribution >= 4 is 22.6 Å². The average Bonchev–Trinajstić information content (AvgIpc) is 3.54. The molecule has 186 valence electrons. The van der Waals surface area contributed by atoms with Crippen LogP contribution in [0.25, 0.3) is 27.9 Å². The Morgan fingerprint density at radius 1 is 1.08 bits per heavy atom. The first kappa shape index (κ1) is 23.2. The number of methoxy groups -OCH3 is 1. The summed E-state index contributed by atoms with van der Waals surface area (Å²) in [5.74, 6) is -0.575. The van der Waals surface area contributed by atoms with Crippen LogP contribution in [0.2, 0.25) is 0 Å². The molecule has 3 heterocycles. The van der Waals surface area contributed by atoms with Crippen LogP contribution in [0, 0.1) is 5.82 Å². The van der Waals surface area contributed by atoms with E-state index in [-0.39, 0.29) is 11.1 Å². The highest BCUT2D eigenvalue weighted by Gasteiger charge is 2.44. The van der Waals surface area contributed by atoms with Crippen molar-refractivity contribution in [1.29, 1.82) is 0 Å². The van der Waals surface area contributed by atoms with E-state index in [1.807, 2.05) is 12.1 Å². The summed E-state index contributed by atoms with van der Waals surface area (Å²) in [6, 6.07) is 14.7. The van der Waals surface area contributed by atoms with Crippen molar-refractivity contribution in [1.82, 2.24) is 29.9 Å². The quantitative estimate of drug-likeness (QED) is 0.347. The van der Waals surface area contributed by atoms with E-state index in [4.69, 9.17) is 4.74 Å². The molecule has 0 saturated heterocycles. The fraction of sp³-hybridized carbons (Fsp3) is 0.250. The Hall–Kier alpha value is -4.24. The molecule has 9 heteroatoms. The number of hydrogen-bond donors (Lipinski definition) is 1. The van der Waals surface area contributed by atoms with Gasteiger partial charge in [0, 0.05) is 24.3 Å². The number of carbonyl (C=O) groups is 1. The molecule has 37 heavy (non-hydrogen) atoms. The highest BCUT2D eigenvalue weighted by Crippen LogP contribution is 2.36. The molecule has 0 radical (unpaired) electrons. The number of pyridine rings is 1. The van der Waals surface area contributed by atoms with Crippen LogP contribution in [0.1, 0.15) is 34.5 Å². The summed E-state index contributed by atoms with van der Waals surface area (Å²) in [5.41, 5.74) is 3.70. The van der Waals surface area contributed by atoms with Crippen LogP contribution in [-0.2, 0) is 17.6 Å². The first-order valence-corrected chi connectivity index (χ1v) is 12.2. The zero-order chi connectivity index (χ0) is 25.4. The van der Waals surface area contributed by atoms with Crippen molar-refractivity contribution in [3.05, 3.63) is 89.8 Å². The summed E-state index contributed by atoms with van der Waals surface area (Å²) in [7, 11) is 1.59. The Balaban J connectivity index is 1.21. The Bertz CT molecular complexity index is 1630. The molecule has 1 aliphatic carbocycles. The number of benzene rings is 2. The lowest BCUT2D eigenvalue weighted by molar-refractivity contribution is 0.0878. The predicted molar refractivity (Wildman–Crippen MR) is 137 cm³/mol. The third kappa shape index (κ3) is 4.65. The first-order chi connectivity index (χ1) is 18.0. The molecule has 0 bridgehead atoms. The van der Waals surface area contributed by atoms with Gasteiger partial charge in [-0.1, -0.05) is 18.2 Å². The molecule has 0 atom stereocenters. The fourth-order valence-corrected chi connectivity index (χ4v) is 4.57. The topological polar surface area (TPSA) is 94.3 Å². The number of hydrogen-bond acceptors (Lipinski definition) is 6. The molecule has 5 aromatic rings. The van der Waals surface area contributed by atoms with E-state index in [1.54, 1.807) is 36.3 Å². The maximum Gasteiger partial charge on any atom is 0.254 e. The highest BCUT2D eigenvalue weighted by molar-refractivity contribution is 5.95. The maximum atomic E-state index is 15.0. The average molecular weight is 497 g/mol. The lowest BCUT2D eigenvalue weighted by Crippen LogP contribution is -2.40. The molecular formula is C28H25FN6O2. The van der Waals surface area contributed by atoms with Crippen molar-refractivity contribution in [2.24, 2.45) is 0 Å². The van der Waals surface area contributed by atoms with E-state index in [0.717, 1.165) is 35.9 Å². The number of halogens is 1. The Morgan fingerprint density at radius 3 is 2.76 bits per heavy atom. The van der Waals surface area contributed by atoms with Gasteiger partial charge >= 0.3 is 0 Å². The molecule has 6 rings (SSSR count). The molecule has 1 saturated carbocycles. The number of nitrogens with zero attached hydrogens (tertiary/aromatic N) is 5. The zero-order valence-electron chi connectivity index (χ0n) is 20.3. The first-order valence-electron chi connectivity index (χ1n) is 12.2. The number of rotatable bonds is 8. The lowest BCUT2D eigenvalue weighted by atomic mass is 10.1. The second-order valence-corrected chi connectivity index (χ2v) is 9.50. The van der Waals surface area contributed by atoms with Crippen LogP contribution in [-0.4, -0.2) is 49.7 Å². The Morgan fingerprint density at radius 2 is 1.95 bits per heavy atom. The SMILES string of the molecule is COCC1(NC(=O)c2ccc(-c3cnc4ncc(CCc5ccc6ncccc6c5)n4n3)cc2F)CC1. The largest absolute Gasteiger partial charge is 0.382 e. The molecule has 0 unspecified atom stereocenters. The van der Waals surface area contributed by atoms with Crippen molar-refractivity contribution in [3.63, 3.8) is 0 Å². The van der Waals surface area contributed by atoms with Gasteiger partial charge in [0.15, 0.2) is 0 Å². The normalized spacial score (nSPS) is 14.2. The van der Waals surface area contributed by atoms with Crippen LogP contribution < -0.4 is 5.32 Å². The number of carbonyl (C=O) groups excluding carboxylic acids is 1. The lowest BCUT2D eigenvalue weighted by Gasteiger charge is -2.16. The van der Waals surface area contributed by atoms with Crippen LogP contribution in [0.3, 0.4) is 0 Å². The summed E-state index contributed by atoms with van der Waals surface area (Å²) < 4.78 is 21.8. The summed E-state index contributed by atoms with van der Waals surface area (Å²) in [6.07, 6.45) is 8.28. The van der Waals surface area contributed by atoms with Crippen LogP contribution in [0.5, 0.6) is 0 Å². The molecule has 8 nitrogen and oxygen atoms in total. The minimum absolute atomic E-state index is 0.00549.